The Balaban J connectivity index is 1.94. The number of hydrogen-bond acceptors (Lipinski definition) is 4. The lowest BCUT2D eigenvalue weighted by Gasteiger charge is -2.42. The van der Waals surface area contributed by atoms with Crippen LogP contribution in [0.4, 0.5) is 0 Å². The summed E-state index contributed by atoms with van der Waals surface area (Å²) in [5.41, 5.74) is 7.21. The van der Waals surface area contributed by atoms with Gasteiger partial charge >= 0.3 is 0 Å². The van der Waals surface area contributed by atoms with Crippen molar-refractivity contribution in [3.05, 3.63) is 52.8 Å². The number of carbonyl (C=O) groups is 1. The van der Waals surface area contributed by atoms with E-state index in [9.17, 15) is 4.79 Å². The predicted molar refractivity (Wildman–Crippen MR) is 116 cm³/mol. The van der Waals surface area contributed by atoms with Gasteiger partial charge in [-0.25, -0.2) is 0 Å². The third-order valence-electron chi connectivity index (χ3n) is 5.58. The van der Waals surface area contributed by atoms with Crippen LogP contribution in [0, 0.1) is 13.8 Å². The van der Waals surface area contributed by atoms with Gasteiger partial charge in [0.15, 0.2) is 0 Å². The molecule has 0 fully saturated rings. The summed E-state index contributed by atoms with van der Waals surface area (Å²) in [5.74, 6) is 0. The summed E-state index contributed by atoms with van der Waals surface area (Å²) in [4.78, 5) is 18.6. The Morgan fingerprint density at radius 2 is 1.82 bits per heavy atom. The first kappa shape index (κ1) is 20.7. The quantitative estimate of drug-likeness (QED) is 0.770. The summed E-state index contributed by atoms with van der Waals surface area (Å²) in [6.07, 6.45) is 1.09. The molecule has 0 aliphatic carbocycles. The lowest BCUT2D eigenvalue weighted by molar-refractivity contribution is -0.113. The van der Waals surface area contributed by atoms with Gasteiger partial charge in [0.25, 0.3) is 0 Å². The molecule has 1 atom stereocenters. The van der Waals surface area contributed by atoms with Crippen molar-refractivity contribution in [1.82, 2.24) is 15.2 Å². The fraction of sp³-hybridized carbons (Fsp3) is 0.500. The van der Waals surface area contributed by atoms with E-state index >= 15 is 0 Å². The Morgan fingerprint density at radius 3 is 2.43 bits per heavy atom. The zero-order valence-corrected chi connectivity index (χ0v) is 18.0. The van der Waals surface area contributed by atoms with Crippen LogP contribution in [0.15, 0.2) is 30.3 Å². The van der Waals surface area contributed by atoms with Gasteiger partial charge in [0.2, 0.25) is 0 Å². The molecule has 0 saturated heterocycles. The molecule has 2 heterocycles. The Labute approximate surface area is 169 Å². The average molecular weight is 380 g/mol. The summed E-state index contributed by atoms with van der Waals surface area (Å²) < 4.78 is 0. The van der Waals surface area contributed by atoms with Crippen LogP contribution in [-0.4, -0.2) is 41.3 Å². The lowest BCUT2D eigenvalue weighted by Crippen LogP contribution is -2.51. The number of nitrogens with zero attached hydrogens (tertiary/aromatic N) is 2. The summed E-state index contributed by atoms with van der Waals surface area (Å²) in [6.45, 7) is 15.2. The van der Waals surface area contributed by atoms with Crippen LogP contribution < -0.4 is 5.32 Å². The average Bonchev–Trinajstić information content (AvgIpc) is 2.60. The summed E-state index contributed by atoms with van der Waals surface area (Å²) in [5, 5.41) is 3.41. The number of carbonyl (C=O) groups excluding carboxylic acids is 1. The van der Waals surface area contributed by atoms with Gasteiger partial charge in [-0.1, -0.05) is 39.8 Å². The minimum atomic E-state index is -0.108. The maximum atomic E-state index is 11.8. The molecule has 0 saturated carbocycles. The van der Waals surface area contributed by atoms with Crippen LogP contribution in [0.1, 0.15) is 50.2 Å². The van der Waals surface area contributed by atoms with Crippen molar-refractivity contribution in [2.75, 3.05) is 13.1 Å². The van der Waals surface area contributed by atoms with E-state index in [2.05, 4.69) is 73.2 Å². The topological polar surface area (TPSA) is 45.2 Å². The molecule has 0 amide bonds. The molecule has 1 N–H and O–H groups in total. The van der Waals surface area contributed by atoms with Crippen LogP contribution in [0.3, 0.4) is 0 Å². The third kappa shape index (κ3) is 4.50. The van der Waals surface area contributed by atoms with E-state index in [0.717, 1.165) is 30.8 Å². The zero-order chi connectivity index (χ0) is 20.5. The van der Waals surface area contributed by atoms with E-state index < -0.39 is 0 Å². The fourth-order valence-electron chi connectivity index (χ4n) is 4.29. The van der Waals surface area contributed by atoms with Crippen molar-refractivity contribution < 1.29 is 4.79 Å². The number of aldehydes is 1. The van der Waals surface area contributed by atoms with Crippen LogP contribution in [0.25, 0.3) is 11.1 Å². The Bertz CT molecular complexity index is 837. The highest BCUT2D eigenvalue weighted by Crippen LogP contribution is 2.36. The smallest absolute Gasteiger partial charge is 0.138 e. The minimum Gasteiger partial charge on any atom is -0.313 e. The molecule has 1 aliphatic rings. The molecule has 28 heavy (non-hydrogen) atoms. The molecular weight excluding hydrogens is 346 g/mol. The molecule has 150 valence electrons. The second-order valence-corrected chi connectivity index (χ2v) is 9.07. The summed E-state index contributed by atoms with van der Waals surface area (Å²) >= 11 is 0. The molecule has 0 bridgehead atoms. The molecule has 1 aliphatic heterocycles. The van der Waals surface area contributed by atoms with Crippen LogP contribution in [0.2, 0.25) is 0 Å². The van der Waals surface area contributed by atoms with E-state index in [0.29, 0.717) is 12.6 Å². The zero-order valence-electron chi connectivity index (χ0n) is 18.0. The highest BCUT2D eigenvalue weighted by Gasteiger charge is 2.34. The number of aryl methyl sites for hydroxylation is 2. The van der Waals surface area contributed by atoms with Gasteiger partial charge in [-0.15, -0.1) is 0 Å². The first-order valence-corrected chi connectivity index (χ1v) is 10.2. The minimum absolute atomic E-state index is 0.00921. The number of hydrogen-bond donors (Lipinski definition) is 1. The van der Waals surface area contributed by atoms with Crippen molar-refractivity contribution in [2.24, 2.45) is 0 Å². The Morgan fingerprint density at radius 1 is 1.14 bits per heavy atom. The van der Waals surface area contributed by atoms with Gasteiger partial charge in [-0.05, 0) is 54.3 Å². The van der Waals surface area contributed by atoms with Crippen molar-refractivity contribution in [3.63, 3.8) is 0 Å². The molecule has 2 aromatic rings. The molecule has 1 aromatic heterocycles. The number of benzene rings is 1. The maximum absolute atomic E-state index is 11.8. The van der Waals surface area contributed by atoms with E-state index in [4.69, 9.17) is 0 Å². The second-order valence-electron chi connectivity index (χ2n) is 9.07. The standard InChI is InChI=1S/C24H33N3O/c1-16(2)25-12-22(14-28)27-13-21-11-19(7-8-23(21)24(5,6)15-27)20-9-17(3)26-18(4)10-20/h7-11,14,16,22,25H,12-13,15H2,1-6H3. The first-order chi connectivity index (χ1) is 13.2. The number of nitrogens with one attached hydrogen (secondary N) is 1. The van der Waals surface area contributed by atoms with Crippen molar-refractivity contribution in [1.29, 1.82) is 0 Å². The monoisotopic (exact) mass is 379 g/mol. The van der Waals surface area contributed by atoms with E-state index in [1.54, 1.807) is 0 Å². The highest BCUT2D eigenvalue weighted by atomic mass is 16.1. The second kappa shape index (κ2) is 8.14. The summed E-state index contributed by atoms with van der Waals surface area (Å²) in [7, 11) is 0. The molecule has 1 unspecified atom stereocenters. The van der Waals surface area contributed by atoms with Gasteiger partial charge in [0.05, 0.1) is 6.04 Å². The van der Waals surface area contributed by atoms with Crippen LogP contribution >= 0.6 is 0 Å². The molecular formula is C24H33N3O. The number of pyridine rings is 1. The van der Waals surface area contributed by atoms with Gasteiger partial charge in [0, 0.05) is 42.5 Å². The van der Waals surface area contributed by atoms with Crippen molar-refractivity contribution >= 4 is 6.29 Å². The van der Waals surface area contributed by atoms with Gasteiger partial charge in [-0.2, -0.15) is 0 Å². The number of aromatic nitrogens is 1. The van der Waals surface area contributed by atoms with E-state index in [-0.39, 0.29) is 11.5 Å². The SMILES string of the molecule is Cc1cc(-c2ccc3c(c2)CN(C(C=O)CNC(C)C)CC3(C)C)cc(C)n1. The molecule has 3 rings (SSSR count). The number of fused-ring (bicyclic) bond motifs is 1. The lowest BCUT2D eigenvalue weighted by atomic mass is 9.77. The summed E-state index contributed by atoms with van der Waals surface area (Å²) in [6, 6.07) is 11.3. The van der Waals surface area contributed by atoms with Gasteiger partial charge in [-0.3, -0.25) is 9.88 Å². The molecule has 4 heteroatoms. The molecule has 0 radical (unpaired) electrons. The normalized spacial score (nSPS) is 17.4. The van der Waals surface area contributed by atoms with Crippen LogP contribution in [0.5, 0.6) is 0 Å². The number of rotatable bonds is 6. The molecule has 0 spiro atoms. The molecule has 4 nitrogen and oxygen atoms in total. The fourth-order valence-corrected chi connectivity index (χ4v) is 4.29. The first-order valence-electron chi connectivity index (χ1n) is 10.2. The maximum Gasteiger partial charge on any atom is 0.138 e. The highest BCUT2D eigenvalue weighted by molar-refractivity contribution is 5.66. The van der Waals surface area contributed by atoms with Crippen molar-refractivity contribution in [3.8, 4) is 11.1 Å². The van der Waals surface area contributed by atoms with Crippen LogP contribution in [-0.2, 0) is 16.8 Å². The Kier molecular flexibility index (Phi) is 6.01. The van der Waals surface area contributed by atoms with Gasteiger partial charge in [0.1, 0.15) is 6.29 Å². The van der Waals surface area contributed by atoms with E-state index in [1.165, 1.54) is 22.3 Å². The predicted octanol–water partition coefficient (Wildman–Crippen LogP) is 4.02. The molecule has 1 aromatic carbocycles. The Hall–Kier alpha value is -2.04. The largest absolute Gasteiger partial charge is 0.313 e. The van der Waals surface area contributed by atoms with E-state index in [1.807, 2.05) is 13.8 Å². The van der Waals surface area contributed by atoms with Gasteiger partial charge < -0.3 is 10.1 Å². The third-order valence-corrected chi connectivity index (χ3v) is 5.58. The van der Waals surface area contributed by atoms with Crippen molar-refractivity contribution in [2.45, 2.75) is 65.6 Å².